The number of methoxy groups -OCH3 is 1. The van der Waals surface area contributed by atoms with Crippen molar-refractivity contribution < 1.29 is 9.53 Å². The summed E-state index contributed by atoms with van der Waals surface area (Å²) in [4.78, 5) is 26.0. The highest BCUT2D eigenvalue weighted by Crippen LogP contribution is 2.34. The molecule has 4 rings (SSSR count). The Labute approximate surface area is 179 Å². The molecule has 0 atom stereocenters. The number of rotatable bonds is 7. The van der Waals surface area contributed by atoms with Gasteiger partial charge in [-0.05, 0) is 61.6 Å². The van der Waals surface area contributed by atoms with Gasteiger partial charge in [0.1, 0.15) is 11.3 Å². The van der Waals surface area contributed by atoms with E-state index in [1.54, 1.807) is 13.4 Å². The molecule has 0 spiro atoms. The SMILES string of the molecule is COc1ccc(C)cc1Sc1nc2c([nH]1)c(=N)ncn2CCC1CCN(C=O)CC1. The average molecular weight is 427 g/mol. The minimum atomic E-state index is 0.191. The van der Waals surface area contributed by atoms with E-state index in [1.807, 2.05) is 28.5 Å². The topological polar surface area (TPSA) is 99.9 Å². The van der Waals surface area contributed by atoms with Crippen LogP contribution in [0.1, 0.15) is 24.8 Å². The molecule has 0 saturated carbocycles. The normalized spacial score (nSPS) is 14.9. The molecule has 2 aromatic heterocycles. The van der Waals surface area contributed by atoms with Crippen molar-refractivity contribution in [3.8, 4) is 5.75 Å². The fourth-order valence-electron chi connectivity index (χ4n) is 3.81. The van der Waals surface area contributed by atoms with Crippen LogP contribution in [-0.2, 0) is 11.3 Å². The third-order valence-corrected chi connectivity index (χ3v) is 6.53. The first-order valence-electron chi connectivity index (χ1n) is 10.1. The summed E-state index contributed by atoms with van der Waals surface area (Å²) < 4.78 is 7.49. The lowest BCUT2D eigenvalue weighted by Gasteiger charge is -2.29. The number of carbonyl (C=O) groups is 1. The number of ether oxygens (including phenoxy) is 1. The third-order valence-electron chi connectivity index (χ3n) is 5.60. The number of piperidine rings is 1. The second-order valence-electron chi connectivity index (χ2n) is 7.66. The summed E-state index contributed by atoms with van der Waals surface area (Å²) in [6.45, 7) is 4.50. The molecule has 1 amide bonds. The van der Waals surface area contributed by atoms with Gasteiger partial charge < -0.3 is 19.2 Å². The fraction of sp³-hybridized carbons (Fsp3) is 0.429. The summed E-state index contributed by atoms with van der Waals surface area (Å²) in [7, 11) is 1.66. The molecule has 0 bridgehead atoms. The smallest absolute Gasteiger partial charge is 0.209 e. The number of imidazole rings is 1. The Hall–Kier alpha value is -2.81. The minimum absolute atomic E-state index is 0.191. The van der Waals surface area contributed by atoms with Crippen molar-refractivity contribution in [1.82, 2.24) is 24.4 Å². The first kappa shape index (κ1) is 20.5. The predicted octanol–water partition coefficient (Wildman–Crippen LogP) is 2.97. The van der Waals surface area contributed by atoms with Crippen LogP contribution in [0.5, 0.6) is 5.75 Å². The first-order valence-corrected chi connectivity index (χ1v) is 10.9. The highest BCUT2D eigenvalue weighted by atomic mass is 32.2. The van der Waals surface area contributed by atoms with E-state index in [-0.39, 0.29) is 5.49 Å². The standard InChI is InChI=1S/C21H26N6O2S/c1-14-3-4-16(29-2)17(11-14)30-21-24-18-19(22)23-12-27(20(18)25-21)10-7-15-5-8-26(13-28)9-6-15/h3-4,11-13,15,22H,5-10H2,1-2H3,(H,24,25). The third kappa shape index (κ3) is 4.35. The van der Waals surface area contributed by atoms with Crippen molar-refractivity contribution in [2.24, 2.45) is 5.92 Å². The van der Waals surface area contributed by atoms with Crippen molar-refractivity contribution in [3.05, 3.63) is 35.6 Å². The van der Waals surface area contributed by atoms with Crippen LogP contribution in [0, 0.1) is 18.3 Å². The molecule has 9 heteroatoms. The van der Waals surface area contributed by atoms with E-state index in [9.17, 15) is 4.79 Å². The summed E-state index contributed by atoms with van der Waals surface area (Å²) in [5.41, 5.74) is 2.72. The number of aromatic nitrogens is 4. The number of fused-ring (bicyclic) bond motifs is 1. The number of aryl methyl sites for hydroxylation is 2. The fourth-order valence-corrected chi connectivity index (χ4v) is 4.80. The number of aromatic amines is 1. The van der Waals surface area contributed by atoms with Gasteiger partial charge in [0.2, 0.25) is 6.41 Å². The molecule has 1 saturated heterocycles. The molecule has 30 heavy (non-hydrogen) atoms. The van der Waals surface area contributed by atoms with E-state index >= 15 is 0 Å². The lowest BCUT2D eigenvalue weighted by Crippen LogP contribution is -2.32. The molecule has 1 aliphatic rings. The summed E-state index contributed by atoms with van der Waals surface area (Å²) in [6, 6.07) is 6.03. The van der Waals surface area contributed by atoms with Gasteiger partial charge >= 0.3 is 0 Å². The molecular formula is C21H26N6O2S. The molecular weight excluding hydrogens is 400 g/mol. The maximum Gasteiger partial charge on any atom is 0.209 e. The largest absolute Gasteiger partial charge is 0.496 e. The lowest BCUT2D eigenvalue weighted by molar-refractivity contribution is -0.119. The molecule has 158 valence electrons. The van der Waals surface area contributed by atoms with Gasteiger partial charge in [0.15, 0.2) is 16.3 Å². The number of benzene rings is 1. The van der Waals surface area contributed by atoms with E-state index in [4.69, 9.17) is 15.1 Å². The van der Waals surface area contributed by atoms with Crippen molar-refractivity contribution >= 4 is 29.3 Å². The van der Waals surface area contributed by atoms with E-state index < -0.39 is 0 Å². The first-order chi connectivity index (χ1) is 14.6. The molecule has 0 aliphatic carbocycles. The van der Waals surface area contributed by atoms with Crippen LogP contribution in [0.2, 0.25) is 0 Å². The second kappa shape index (κ2) is 8.91. The van der Waals surface area contributed by atoms with E-state index in [0.29, 0.717) is 16.6 Å². The van der Waals surface area contributed by atoms with E-state index in [1.165, 1.54) is 11.8 Å². The molecule has 1 aliphatic heterocycles. The van der Waals surface area contributed by atoms with Gasteiger partial charge in [-0.1, -0.05) is 6.07 Å². The second-order valence-corrected chi connectivity index (χ2v) is 8.69. The van der Waals surface area contributed by atoms with Crippen LogP contribution in [-0.4, -0.2) is 51.0 Å². The quantitative estimate of drug-likeness (QED) is 0.566. The Bertz CT molecular complexity index is 1100. The Morgan fingerprint density at radius 3 is 2.90 bits per heavy atom. The zero-order chi connectivity index (χ0) is 21.1. The molecule has 1 fully saturated rings. The molecule has 2 N–H and O–H groups in total. The molecule has 3 heterocycles. The number of H-pyrrole nitrogens is 1. The monoisotopic (exact) mass is 426 g/mol. The van der Waals surface area contributed by atoms with Crippen LogP contribution in [0.3, 0.4) is 0 Å². The Morgan fingerprint density at radius 1 is 1.37 bits per heavy atom. The number of hydrogen-bond donors (Lipinski definition) is 2. The van der Waals surface area contributed by atoms with Crippen molar-refractivity contribution in [3.63, 3.8) is 0 Å². The molecule has 8 nitrogen and oxygen atoms in total. The van der Waals surface area contributed by atoms with Crippen molar-refractivity contribution in [2.75, 3.05) is 20.2 Å². The van der Waals surface area contributed by atoms with E-state index in [0.717, 1.165) is 67.2 Å². The summed E-state index contributed by atoms with van der Waals surface area (Å²) in [5.74, 6) is 1.38. The lowest BCUT2D eigenvalue weighted by atomic mass is 9.94. The van der Waals surface area contributed by atoms with Gasteiger partial charge in [-0.25, -0.2) is 9.97 Å². The summed E-state index contributed by atoms with van der Waals surface area (Å²) in [5, 5.41) is 8.88. The minimum Gasteiger partial charge on any atom is -0.496 e. The molecule has 0 unspecified atom stereocenters. The molecule has 3 aromatic rings. The number of likely N-dealkylation sites (tertiary alicyclic amines) is 1. The number of hydrogen-bond acceptors (Lipinski definition) is 6. The van der Waals surface area contributed by atoms with Gasteiger partial charge in [0.05, 0.1) is 18.3 Å². The van der Waals surface area contributed by atoms with Gasteiger partial charge in [-0.15, -0.1) is 0 Å². The van der Waals surface area contributed by atoms with Crippen LogP contribution >= 0.6 is 11.8 Å². The summed E-state index contributed by atoms with van der Waals surface area (Å²) in [6.07, 6.45) is 5.71. The summed E-state index contributed by atoms with van der Waals surface area (Å²) >= 11 is 1.49. The van der Waals surface area contributed by atoms with Crippen molar-refractivity contribution in [1.29, 1.82) is 5.41 Å². The maximum atomic E-state index is 10.9. The predicted molar refractivity (Wildman–Crippen MR) is 115 cm³/mol. The number of amides is 1. The van der Waals surface area contributed by atoms with Crippen molar-refractivity contribution in [2.45, 2.75) is 42.8 Å². The highest BCUT2D eigenvalue weighted by molar-refractivity contribution is 7.99. The van der Waals surface area contributed by atoms with Crippen LogP contribution in [0.25, 0.3) is 11.2 Å². The van der Waals surface area contributed by atoms with Gasteiger partial charge in [0, 0.05) is 19.6 Å². The van der Waals surface area contributed by atoms with E-state index in [2.05, 4.69) is 16.0 Å². The van der Waals surface area contributed by atoms with Gasteiger partial charge in [-0.3, -0.25) is 10.2 Å². The highest BCUT2D eigenvalue weighted by Gasteiger charge is 2.19. The number of nitrogens with one attached hydrogen (secondary N) is 2. The van der Waals surface area contributed by atoms with Crippen LogP contribution in [0.4, 0.5) is 0 Å². The zero-order valence-corrected chi connectivity index (χ0v) is 18.0. The Balaban J connectivity index is 1.54. The Morgan fingerprint density at radius 2 is 2.17 bits per heavy atom. The van der Waals surface area contributed by atoms with Gasteiger partial charge in [-0.2, -0.15) is 0 Å². The van der Waals surface area contributed by atoms with Crippen LogP contribution < -0.4 is 10.2 Å². The number of nitrogens with zero attached hydrogens (tertiary/aromatic N) is 4. The average Bonchev–Trinajstić information content (AvgIpc) is 3.18. The Kier molecular flexibility index (Phi) is 6.08. The maximum absolute atomic E-state index is 10.9. The number of carbonyl (C=O) groups excluding carboxylic acids is 1. The zero-order valence-electron chi connectivity index (χ0n) is 17.2. The van der Waals surface area contributed by atoms with Gasteiger partial charge in [0.25, 0.3) is 0 Å². The van der Waals surface area contributed by atoms with Crippen LogP contribution in [0.15, 0.2) is 34.6 Å². The molecule has 0 radical (unpaired) electrons. The molecule has 1 aromatic carbocycles.